The number of likely N-dealkylation sites (tertiary alicyclic amines) is 1. The first kappa shape index (κ1) is 12.9. The molecule has 0 bridgehead atoms. The van der Waals surface area contributed by atoms with Crippen molar-refractivity contribution in [2.75, 3.05) is 20.2 Å². The van der Waals surface area contributed by atoms with Crippen molar-refractivity contribution in [3.8, 4) is 5.75 Å². The Morgan fingerprint density at radius 1 is 1.39 bits per heavy atom. The number of aliphatic hydroxyl groups excluding tert-OH is 2. The van der Waals surface area contributed by atoms with Crippen molar-refractivity contribution in [2.45, 2.75) is 18.6 Å². The van der Waals surface area contributed by atoms with Gasteiger partial charge >= 0.3 is 0 Å². The van der Waals surface area contributed by atoms with E-state index in [2.05, 4.69) is 0 Å². The fourth-order valence-corrected chi connectivity index (χ4v) is 2.04. The van der Waals surface area contributed by atoms with Gasteiger partial charge in [0.2, 0.25) is 5.91 Å². The number of rotatable bonds is 3. The first-order valence-electron chi connectivity index (χ1n) is 5.87. The van der Waals surface area contributed by atoms with E-state index in [1.165, 1.54) is 4.90 Å². The van der Waals surface area contributed by atoms with Crippen LogP contribution in [0.25, 0.3) is 0 Å². The summed E-state index contributed by atoms with van der Waals surface area (Å²) in [5.74, 6) is 0.612. The molecule has 1 saturated heterocycles. The average Bonchev–Trinajstić information content (AvgIpc) is 2.70. The van der Waals surface area contributed by atoms with Crippen molar-refractivity contribution in [1.29, 1.82) is 0 Å². The van der Waals surface area contributed by atoms with Gasteiger partial charge in [-0.1, -0.05) is 12.1 Å². The zero-order valence-corrected chi connectivity index (χ0v) is 10.2. The zero-order valence-electron chi connectivity index (χ0n) is 10.2. The van der Waals surface area contributed by atoms with Crippen molar-refractivity contribution in [3.05, 3.63) is 29.8 Å². The molecule has 0 aliphatic carbocycles. The molecule has 5 heteroatoms. The minimum atomic E-state index is -0.834. The molecule has 2 atom stereocenters. The summed E-state index contributed by atoms with van der Waals surface area (Å²) in [6.45, 7) is 0.397. The summed E-state index contributed by atoms with van der Waals surface area (Å²) < 4.78 is 5.09. The number of ether oxygens (including phenoxy) is 1. The summed E-state index contributed by atoms with van der Waals surface area (Å²) in [7, 11) is 1.58. The standard InChI is InChI=1S/C13H17NO4/c1-18-10-4-2-3-9(5-10)6-13(17)14-7-11(15)12(16)8-14/h2-5,11-12,15-16H,6-8H2,1H3/t11-,12+. The summed E-state index contributed by atoms with van der Waals surface area (Å²) in [6.07, 6.45) is -1.42. The number of β-amino-alcohol motifs (C(OH)–C–C–N with tert-alkyl or cyclic N) is 2. The van der Waals surface area contributed by atoms with Gasteiger partial charge in [0, 0.05) is 13.1 Å². The Balaban J connectivity index is 1.99. The lowest BCUT2D eigenvalue weighted by molar-refractivity contribution is -0.129. The normalized spacial score (nSPS) is 23.2. The number of benzene rings is 1. The Morgan fingerprint density at radius 3 is 2.67 bits per heavy atom. The zero-order chi connectivity index (χ0) is 13.1. The molecule has 98 valence electrons. The van der Waals surface area contributed by atoms with Gasteiger partial charge in [-0.3, -0.25) is 4.79 Å². The van der Waals surface area contributed by atoms with Crippen LogP contribution < -0.4 is 4.74 Å². The van der Waals surface area contributed by atoms with Crippen molar-refractivity contribution in [2.24, 2.45) is 0 Å². The van der Waals surface area contributed by atoms with Crippen LogP contribution in [0, 0.1) is 0 Å². The quantitative estimate of drug-likeness (QED) is 0.780. The molecular weight excluding hydrogens is 234 g/mol. The summed E-state index contributed by atoms with van der Waals surface area (Å²) >= 11 is 0. The van der Waals surface area contributed by atoms with Gasteiger partial charge in [0.05, 0.1) is 25.7 Å². The van der Waals surface area contributed by atoms with E-state index in [4.69, 9.17) is 4.74 Å². The summed E-state index contributed by atoms with van der Waals surface area (Å²) in [4.78, 5) is 13.4. The van der Waals surface area contributed by atoms with Gasteiger partial charge in [-0.25, -0.2) is 0 Å². The van der Waals surface area contributed by atoms with Crippen LogP contribution in [0.5, 0.6) is 5.75 Å². The Hall–Kier alpha value is -1.59. The minimum Gasteiger partial charge on any atom is -0.497 e. The molecule has 0 saturated carbocycles. The largest absolute Gasteiger partial charge is 0.497 e. The van der Waals surface area contributed by atoms with Crippen LogP contribution in [0.4, 0.5) is 0 Å². The summed E-state index contributed by atoms with van der Waals surface area (Å²) in [5, 5.41) is 18.8. The molecule has 0 radical (unpaired) electrons. The molecule has 1 aromatic rings. The van der Waals surface area contributed by atoms with Gasteiger partial charge in [-0.2, -0.15) is 0 Å². The van der Waals surface area contributed by atoms with Crippen molar-refractivity contribution in [1.82, 2.24) is 4.90 Å². The highest BCUT2D eigenvalue weighted by Gasteiger charge is 2.32. The highest BCUT2D eigenvalue weighted by molar-refractivity contribution is 5.79. The van der Waals surface area contributed by atoms with Crippen LogP contribution in [-0.4, -0.2) is 53.4 Å². The van der Waals surface area contributed by atoms with Crippen LogP contribution in [0.1, 0.15) is 5.56 Å². The van der Waals surface area contributed by atoms with Crippen LogP contribution in [0.15, 0.2) is 24.3 Å². The van der Waals surface area contributed by atoms with Crippen LogP contribution in [0.2, 0.25) is 0 Å². The van der Waals surface area contributed by atoms with E-state index in [9.17, 15) is 15.0 Å². The second-order valence-corrected chi connectivity index (χ2v) is 4.46. The van der Waals surface area contributed by atoms with E-state index < -0.39 is 12.2 Å². The maximum absolute atomic E-state index is 12.0. The van der Waals surface area contributed by atoms with Crippen molar-refractivity contribution < 1.29 is 19.7 Å². The van der Waals surface area contributed by atoms with Crippen molar-refractivity contribution in [3.63, 3.8) is 0 Å². The Kier molecular flexibility index (Phi) is 3.84. The molecule has 5 nitrogen and oxygen atoms in total. The van der Waals surface area contributed by atoms with Gasteiger partial charge in [-0.05, 0) is 17.7 Å². The molecule has 1 fully saturated rings. The van der Waals surface area contributed by atoms with E-state index >= 15 is 0 Å². The first-order chi connectivity index (χ1) is 8.60. The minimum absolute atomic E-state index is 0.0983. The first-order valence-corrected chi connectivity index (χ1v) is 5.87. The van der Waals surface area contributed by atoms with E-state index in [1.54, 1.807) is 13.2 Å². The monoisotopic (exact) mass is 251 g/mol. The second-order valence-electron chi connectivity index (χ2n) is 4.46. The summed E-state index contributed by atoms with van der Waals surface area (Å²) in [6, 6.07) is 7.30. The second kappa shape index (κ2) is 5.37. The smallest absolute Gasteiger partial charge is 0.227 e. The third kappa shape index (κ3) is 2.80. The molecule has 1 heterocycles. The molecule has 1 aromatic carbocycles. The molecule has 1 amide bonds. The van der Waals surface area contributed by atoms with Gasteiger partial charge in [0.25, 0.3) is 0 Å². The van der Waals surface area contributed by atoms with Crippen LogP contribution in [0.3, 0.4) is 0 Å². The molecule has 18 heavy (non-hydrogen) atoms. The molecule has 0 aromatic heterocycles. The summed E-state index contributed by atoms with van der Waals surface area (Å²) in [5.41, 5.74) is 0.857. The van der Waals surface area contributed by atoms with E-state index in [0.717, 1.165) is 5.56 Å². The van der Waals surface area contributed by atoms with Gasteiger partial charge in [-0.15, -0.1) is 0 Å². The Labute approximate surface area is 106 Å². The number of carbonyl (C=O) groups excluding carboxylic acids is 1. The lowest BCUT2D eigenvalue weighted by Gasteiger charge is -2.15. The predicted octanol–water partition coefficient (Wildman–Crippen LogP) is -0.198. The number of methoxy groups -OCH3 is 1. The van der Waals surface area contributed by atoms with E-state index in [1.807, 2.05) is 18.2 Å². The third-order valence-electron chi connectivity index (χ3n) is 3.10. The Bertz CT molecular complexity index is 425. The van der Waals surface area contributed by atoms with Crippen LogP contribution >= 0.6 is 0 Å². The maximum Gasteiger partial charge on any atom is 0.227 e. The maximum atomic E-state index is 12.0. The Morgan fingerprint density at radius 2 is 2.06 bits per heavy atom. The third-order valence-corrected chi connectivity index (χ3v) is 3.10. The highest BCUT2D eigenvalue weighted by atomic mass is 16.5. The fourth-order valence-electron chi connectivity index (χ4n) is 2.04. The van der Waals surface area contributed by atoms with E-state index in [0.29, 0.717) is 5.75 Å². The average molecular weight is 251 g/mol. The van der Waals surface area contributed by atoms with E-state index in [-0.39, 0.29) is 25.4 Å². The lowest BCUT2D eigenvalue weighted by atomic mass is 10.1. The SMILES string of the molecule is COc1cccc(CC(=O)N2C[C@@H](O)[C@@H](O)C2)c1. The number of hydrogen-bond donors (Lipinski definition) is 2. The number of carbonyl (C=O) groups is 1. The number of aliphatic hydroxyl groups is 2. The lowest BCUT2D eigenvalue weighted by Crippen LogP contribution is -2.31. The van der Waals surface area contributed by atoms with Gasteiger partial charge < -0.3 is 19.8 Å². The molecule has 0 unspecified atom stereocenters. The van der Waals surface area contributed by atoms with Crippen molar-refractivity contribution >= 4 is 5.91 Å². The molecular formula is C13H17NO4. The molecule has 0 spiro atoms. The number of hydrogen-bond acceptors (Lipinski definition) is 4. The number of amides is 1. The number of nitrogens with zero attached hydrogens (tertiary/aromatic N) is 1. The molecule has 2 N–H and O–H groups in total. The molecule has 1 aliphatic heterocycles. The van der Waals surface area contributed by atoms with Crippen LogP contribution in [-0.2, 0) is 11.2 Å². The topological polar surface area (TPSA) is 70.0 Å². The molecule has 2 rings (SSSR count). The predicted molar refractivity (Wildman–Crippen MR) is 65.3 cm³/mol. The fraction of sp³-hybridized carbons (Fsp3) is 0.462. The van der Waals surface area contributed by atoms with Gasteiger partial charge in [0.15, 0.2) is 0 Å². The highest BCUT2D eigenvalue weighted by Crippen LogP contribution is 2.16. The van der Waals surface area contributed by atoms with Gasteiger partial charge in [0.1, 0.15) is 5.75 Å². The molecule has 1 aliphatic rings.